The highest BCUT2D eigenvalue weighted by Gasteiger charge is 2.42. The first-order valence-corrected chi connectivity index (χ1v) is 9.30. The van der Waals surface area contributed by atoms with Crippen LogP contribution in [0.2, 0.25) is 0 Å². The van der Waals surface area contributed by atoms with Crippen molar-refractivity contribution >= 4 is 11.8 Å². The van der Waals surface area contributed by atoms with Gasteiger partial charge in [-0.2, -0.15) is 0 Å². The second kappa shape index (κ2) is 8.08. The minimum Gasteiger partial charge on any atom is -0.497 e. The summed E-state index contributed by atoms with van der Waals surface area (Å²) < 4.78 is 10.7. The van der Waals surface area contributed by atoms with Crippen LogP contribution in [0.15, 0.2) is 24.3 Å². The zero-order valence-corrected chi connectivity index (χ0v) is 15.8. The SMILES string of the molecule is COc1cccc(C2CN(C(=O)C(C)C)CC2C(=O)N2CCOCC2)c1. The summed E-state index contributed by atoms with van der Waals surface area (Å²) in [6.45, 7) is 7.27. The average Bonchev–Trinajstić information content (AvgIpc) is 3.12. The predicted molar refractivity (Wildman–Crippen MR) is 98.0 cm³/mol. The molecular formula is C20H28N2O4. The lowest BCUT2D eigenvalue weighted by Gasteiger charge is -2.31. The van der Waals surface area contributed by atoms with Gasteiger partial charge in [-0.05, 0) is 17.7 Å². The molecule has 2 aliphatic rings. The number of likely N-dealkylation sites (tertiary alicyclic amines) is 1. The van der Waals surface area contributed by atoms with Gasteiger partial charge in [0.15, 0.2) is 0 Å². The molecule has 2 aliphatic heterocycles. The maximum absolute atomic E-state index is 13.2. The van der Waals surface area contributed by atoms with Gasteiger partial charge in [-0.25, -0.2) is 0 Å². The van der Waals surface area contributed by atoms with Gasteiger partial charge < -0.3 is 19.3 Å². The highest BCUT2D eigenvalue weighted by molar-refractivity contribution is 5.84. The van der Waals surface area contributed by atoms with Gasteiger partial charge in [0, 0.05) is 38.0 Å². The largest absolute Gasteiger partial charge is 0.497 e. The Balaban J connectivity index is 1.86. The summed E-state index contributed by atoms with van der Waals surface area (Å²) in [6, 6.07) is 7.84. The van der Waals surface area contributed by atoms with Crippen molar-refractivity contribution in [1.29, 1.82) is 0 Å². The molecule has 0 bridgehead atoms. The lowest BCUT2D eigenvalue weighted by atomic mass is 9.87. The molecule has 2 saturated heterocycles. The molecule has 26 heavy (non-hydrogen) atoms. The van der Waals surface area contributed by atoms with Crippen molar-refractivity contribution in [3.63, 3.8) is 0 Å². The van der Waals surface area contributed by atoms with Crippen LogP contribution in [0, 0.1) is 11.8 Å². The Kier molecular flexibility index (Phi) is 5.81. The topological polar surface area (TPSA) is 59.1 Å². The molecule has 1 aromatic rings. The second-order valence-electron chi connectivity index (χ2n) is 7.33. The van der Waals surface area contributed by atoms with Gasteiger partial charge in [0.25, 0.3) is 0 Å². The number of methoxy groups -OCH3 is 1. The number of hydrogen-bond acceptors (Lipinski definition) is 4. The van der Waals surface area contributed by atoms with E-state index in [1.807, 2.05) is 47.9 Å². The molecular weight excluding hydrogens is 332 g/mol. The minimum atomic E-state index is -0.220. The third-order valence-corrected chi connectivity index (χ3v) is 5.29. The Morgan fingerprint density at radius 3 is 2.54 bits per heavy atom. The quantitative estimate of drug-likeness (QED) is 0.821. The molecule has 0 spiro atoms. The van der Waals surface area contributed by atoms with Crippen LogP contribution < -0.4 is 4.74 Å². The third kappa shape index (κ3) is 3.85. The molecule has 2 atom stereocenters. The molecule has 0 saturated carbocycles. The summed E-state index contributed by atoms with van der Waals surface area (Å²) in [5.41, 5.74) is 1.05. The van der Waals surface area contributed by atoms with Crippen molar-refractivity contribution in [1.82, 2.24) is 9.80 Å². The van der Waals surface area contributed by atoms with E-state index in [0.717, 1.165) is 11.3 Å². The number of hydrogen-bond donors (Lipinski definition) is 0. The van der Waals surface area contributed by atoms with Crippen LogP contribution in [0.25, 0.3) is 0 Å². The summed E-state index contributed by atoms with van der Waals surface area (Å²) in [7, 11) is 1.64. The zero-order valence-electron chi connectivity index (χ0n) is 15.8. The number of ether oxygens (including phenoxy) is 2. The molecule has 2 heterocycles. The van der Waals surface area contributed by atoms with E-state index in [1.54, 1.807) is 7.11 Å². The van der Waals surface area contributed by atoms with Crippen LogP contribution in [-0.2, 0) is 14.3 Å². The van der Waals surface area contributed by atoms with Crippen LogP contribution in [0.1, 0.15) is 25.3 Å². The molecule has 3 rings (SSSR count). The van der Waals surface area contributed by atoms with Crippen molar-refractivity contribution in [3.05, 3.63) is 29.8 Å². The molecule has 6 heteroatoms. The minimum absolute atomic E-state index is 0.0110. The molecule has 6 nitrogen and oxygen atoms in total. The van der Waals surface area contributed by atoms with E-state index in [2.05, 4.69) is 0 Å². The normalized spacial score (nSPS) is 23.4. The smallest absolute Gasteiger partial charge is 0.228 e. The highest BCUT2D eigenvalue weighted by atomic mass is 16.5. The van der Waals surface area contributed by atoms with Gasteiger partial charge in [-0.3, -0.25) is 9.59 Å². The van der Waals surface area contributed by atoms with Gasteiger partial charge in [0.1, 0.15) is 5.75 Å². The molecule has 0 radical (unpaired) electrons. The summed E-state index contributed by atoms with van der Waals surface area (Å²) >= 11 is 0. The molecule has 0 aromatic heterocycles. The molecule has 0 N–H and O–H groups in total. The maximum Gasteiger partial charge on any atom is 0.228 e. The van der Waals surface area contributed by atoms with E-state index in [9.17, 15) is 9.59 Å². The first kappa shape index (κ1) is 18.7. The van der Waals surface area contributed by atoms with Gasteiger partial charge in [0.2, 0.25) is 11.8 Å². The molecule has 1 aromatic carbocycles. The molecule has 2 amide bonds. The van der Waals surface area contributed by atoms with Crippen LogP contribution in [0.4, 0.5) is 0 Å². The van der Waals surface area contributed by atoms with Gasteiger partial charge in [0.05, 0.1) is 26.2 Å². The Labute approximate surface area is 155 Å². The maximum atomic E-state index is 13.2. The number of carbonyl (C=O) groups is 2. The third-order valence-electron chi connectivity index (χ3n) is 5.29. The van der Waals surface area contributed by atoms with Crippen LogP contribution >= 0.6 is 0 Å². The zero-order chi connectivity index (χ0) is 18.7. The van der Waals surface area contributed by atoms with E-state index >= 15 is 0 Å². The molecule has 2 fully saturated rings. The van der Waals surface area contributed by atoms with Crippen molar-refractivity contribution in [2.24, 2.45) is 11.8 Å². The predicted octanol–water partition coefficient (Wildman–Crippen LogP) is 1.75. The lowest BCUT2D eigenvalue weighted by Crippen LogP contribution is -2.45. The number of carbonyl (C=O) groups excluding carboxylic acids is 2. The Bertz CT molecular complexity index is 655. The summed E-state index contributed by atoms with van der Waals surface area (Å²) in [5, 5.41) is 0. The molecule has 142 valence electrons. The number of nitrogens with zero attached hydrogens (tertiary/aromatic N) is 2. The van der Waals surface area contributed by atoms with Crippen LogP contribution in [-0.4, -0.2) is 68.1 Å². The average molecular weight is 360 g/mol. The monoisotopic (exact) mass is 360 g/mol. The van der Waals surface area contributed by atoms with Gasteiger partial charge >= 0.3 is 0 Å². The lowest BCUT2D eigenvalue weighted by molar-refractivity contribution is -0.140. The first-order chi connectivity index (χ1) is 12.5. The summed E-state index contributed by atoms with van der Waals surface area (Å²) in [4.78, 5) is 29.4. The van der Waals surface area contributed by atoms with E-state index in [0.29, 0.717) is 39.4 Å². The van der Waals surface area contributed by atoms with Gasteiger partial charge in [-0.15, -0.1) is 0 Å². The van der Waals surface area contributed by atoms with E-state index < -0.39 is 0 Å². The number of rotatable bonds is 4. The van der Waals surface area contributed by atoms with Crippen molar-refractivity contribution in [2.45, 2.75) is 19.8 Å². The fraction of sp³-hybridized carbons (Fsp3) is 0.600. The highest BCUT2D eigenvalue weighted by Crippen LogP contribution is 2.36. The van der Waals surface area contributed by atoms with Crippen molar-refractivity contribution in [3.8, 4) is 5.75 Å². The van der Waals surface area contributed by atoms with Crippen LogP contribution in [0.5, 0.6) is 5.75 Å². The second-order valence-corrected chi connectivity index (χ2v) is 7.33. The van der Waals surface area contributed by atoms with E-state index in [-0.39, 0.29) is 29.6 Å². The summed E-state index contributed by atoms with van der Waals surface area (Å²) in [5.74, 6) is 0.702. The first-order valence-electron chi connectivity index (χ1n) is 9.30. The molecule has 0 aliphatic carbocycles. The number of amides is 2. The fourth-order valence-corrected chi connectivity index (χ4v) is 3.83. The Morgan fingerprint density at radius 1 is 1.15 bits per heavy atom. The number of benzene rings is 1. The van der Waals surface area contributed by atoms with Crippen molar-refractivity contribution < 1.29 is 19.1 Å². The van der Waals surface area contributed by atoms with Crippen molar-refractivity contribution in [2.75, 3.05) is 46.5 Å². The Morgan fingerprint density at radius 2 is 1.88 bits per heavy atom. The van der Waals surface area contributed by atoms with E-state index in [4.69, 9.17) is 9.47 Å². The number of morpholine rings is 1. The fourth-order valence-electron chi connectivity index (χ4n) is 3.83. The Hall–Kier alpha value is -2.08. The summed E-state index contributed by atoms with van der Waals surface area (Å²) in [6.07, 6.45) is 0. The standard InChI is InChI=1S/C20H28N2O4/c1-14(2)19(23)22-12-17(15-5-4-6-16(11-15)25-3)18(13-22)20(24)21-7-9-26-10-8-21/h4-6,11,14,17-18H,7-10,12-13H2,1-3H3. The van der Waals surface area contributed by atoms with Gasteiger partial charge in [-0.1, -0.05) is 26.0 Å². The molecule has 2 unspecified atom stereocenters. The van der Waals surface area contributed by atoms with Crippen LogP contribution in [0.3, 0.4) is 0 Å². The van der Waals surface area contributed by atoms with E-state index in [1.165, 1.54) is 0 Å².